The second kappa shape index (κ2) is 7.57. The minimum atomic E-state index is -0.0261. The molecule has 0 aromatic carbocycles. The summed E-state index contributed by atoms with van der Waals surface area (Å²) in [5.41, 5.74) is 1.61. The maximum Gasteiger partial charge on any atom is 0.274 e. The van der Waals surface area contributed by atoms with Crippen LogP contribution in [-0.4, -0.2) is 38.9 Å². The van der Waals surface area contributed by atoms with Crippen LogP contribution in [0.2, 0.25) is 0 Å². The molecule has 0 bridgehead atoms. The fourth-order valence-electron chi connectivity index (χ4n) is 3.17. The third-order valence-corrected chi connectivity index (χ3v) is 4.58. The van der Waals surface area contributed by atoms with Crippen LogP contribution in [0.25, 0.3) is 0 Å². The van der Waals surface area contributed by atoms with Crippen molar-refractivity contribution in [3.8, 4) is 0 Å². The zero-order valence-electron chi connectivity index (χ0n) is 14.4. The Bertz CT molecular complexity index is 658. The number of carbonyl (C=O) groups is 1. The van der Waals surface area contributed by atoms with Crippen molar-refractivity contribution in [1.29, 1.82) is 0 Å². The third kappa shape index (κ3) is 3.48. The molecule has 0 radical (unpaired) electrons. The Kier molecular flexibility index (Phi) is 5.25. The van der Waals surface area contributed by atoms with Gasteiger partial charge in [-0.3, -0.25) is 9.78 Å². The average Bonchev–Trinajstić information content (AvgIpc) is 3.06. The lowest BCUT2D eigenvalue weighted by atomic mass is 10.0. The molecule has 0 fully saturated rings. The summed E-state index contributed by atoms with van der Waals surface area (Å²) in [5.74, 6) is 0.909. The van der Waals surface area contributed by atoms with Crippen molar-refractivity contribution in [3.63, 3.8) is 0 Å². The maximum atomic E-state index is 12.9. The van der Waals surface area contributed by atoms with Gasteiger partial charge in [0.1, 0.15) is 11.5 Å². The molecule has 2 aromatic rings. The Balaban J connectivity index is 1.82. The highest BCUT2D eigenvalue weighted by Gasteiger charge is 2.25. The number of nitrogens with zero attached hydrogens (tertiary/aromatic N) is 4. The average molecular weight is 327 g/mol. The second-order valence-electron chi connectivity index (χ2n) is 6.27. The van der Waals surface area contributed by atoms with Gasteiger partial charge in [-0.05, 0) is 18.1 Å². The van der Waals surface area contributed by atoms with Crippen LogP contribution in [0.3, 0.4) is 0 Å². The van der Waals surface area contributed by atoms with Gasteiger partial charge >= 0.3 is 0 Å². The van der Waals surface area contributed by atoms with Gasteiger partial charge in [0.25, 0.3) is 5.91 Å². The lowest BCUT2D eigenvalue weighted by Crippen LogP contribution is -2.31. The lowest BCUT2D eigenvalue weighted by Gasteiger charge is -2.28. The minimum absolute atomic E-state index is 0.0261. The Morgan fingerprint density at radius 1 is 1.50 bits per heavy atom. The quantitative estimate of drug-likeness (QED) is 0.885. The molecule has 1 aliphatic heterocycles. The van der Waals surface area contributed by atoms with Crippen molar-refractivity contribution >= 4 is 5.91 Å². The monoisotopic (exact) mass is 327 g/mol. The first-order valence-corrected chi connectivity index (χ1v) is 8.64. The van der Waals surface area contributed by atoms with Gasteiger partial charge in [-0.2, -0.15) is 0 Å². The van der Waals surface area contributed by atoms with Gasteiger partial charge in [-0.25, -0.2) is 4.98 Å². The van der Waals surface area contributed by atoms with E-state index in [0.29, 0.717) is 5.69 Å². The fraction of sp³-hybridized carbons (Fsp3) is 0.500. The van der Waals surface area contributed by atoms with Gasteiger partial charge in [0.05, 0.1) is 12.6 Å². The summed E-state index contributed by atoms with van der Waals surface area (Å²) in [6.45, 7) is 4.67. The number of nitrogens with one attached hydrogen (secondary N) is 1. The van der Waals surface area contributed by atoms with E-state index in [1.54, 1.807) is 6.20 Å². The first-order valence-electron chi connectivity index (χ1n) is 8.64. The number of amides is 1. The second-order valence-corrected chi connectivity index (χ2v) is 6.27. The number of fused-ring (bicyclic) bond motifs is 1. The Hall–Kier alpha value is -2.21. The Morgan fingerprint density at radius 2 is 2.38 bits per heavy atom. The van der Waals surface area contributed by atoms with Crippen LogP contribution in [0.1, 0.15) is 54.1 Å². The number of imidazole rings is 1. The fourth-order valence-corrected chi connectivity index (χ4v) is 3.17. The van der Waals surface area contributed by atoms with Crippen molar-refractivity contribution < 1.29 is 4.79 Å². The van der Waals surface area contributed by atoms with Gasteiger partial charge in [0, 0.05) is 38.7 Å². The number of hydrogen-bond donors (Lipinski definition) is 1. The molecule has 1 unspecified atom stereocenters. The molecule has 1 amide bonds. The van der Waals surface area contributed by atoms with Gasteiger partial charge < -0.3 is 14.8 Å². The van der Waals surface area contributed by atoms with Gasteiger partial charge in [-0.15, -0.1) is 0 Å². The lowest BCUT2D eigenvalue weighted by molar-refractivity contribution is 0.0714. The van der Waals surface area contributed by atoms with Gasteiger partial charge in [-0.1, -0.05) is 25.8 Å². The van der Waals surface area contributed by atoms with E-state index in [-0.39, 0.29) is 11.9 Å². The number of hydrogen-bond acceptors (Lipinski definition) is 4. The van der Waals surface area contributed by atoms with Crippen molar-refractivity contribution in [1.82, 2.24) is 24.8 Å². The SMILES string of the molecule is CCCCC(c1cccnc1)N(C)C(=O)c1cn2c(n1)CNCC2. The highest BCUT2D eigenvalue weighted by Crippen LogP contribution is 2.26. The van der Waals surface area contributed by atoms with E-state index in [2.05, 4.69) is 26.8 Å². The highest BCUT2D eigenvalue weighted by molar-refractivity contribution is 5.92. The molecule has 2 aromatic heterocycles. The van der Waals surface area contributed by atoms with E-state index in [0.717, 1.165) is 50.3 Å². The zero-order chi connectivity index (χ0) is 16.9. The molecule has 0 spiro atoms. The molecule has 1 atom stereocenters. The van der Waals surface area contributed by atoms with E-state index in [4.69, 9.17) is 0 Å². The molecule has 3 rings (SSSR count). The molecule has 0 saturated carbocycles. The van der Waals surface area contributed by atoms with Crippen LogP contribution < -0.4 is 5.32 Å². The molecule has 0 aliphatic carbocycles. The van der Waals surface area contributed by atoms with Crippen LogP contribution in [0.5, 0.6) is 0 Å². The van der Waals surface area contributed by atoms with E-state index in [1.807, 2.05) is 36.5 Å². The summed E-state index contributed by atoms with van der Waals surface area (Å²) in [6, 6.07) is 4.00. The number of pyridine rings is 1. The van der Waals surface area contributed by atoms with Crippen molar-refractivity contribution in [3.05, 3.63) is 47.8 Å². The largest absolute Gasteiger partial charge is 0.333 e. The van der Waals surface area contributed by atoms with Crippen molar-refractivity contribution in [2.45, 2.75) is 45.3 Å². The van der Waals surface area contributed by atoms with Crippen LogP contribution in [0, 0.1) is 0 Å². The summed E-state index contributed by atoms with van der Waals surface area (Å²) in [6.07, 6.45) is 8.60. The van der Waals surface area contributed by atoms with E-state index < -0.39 is 0 Å². The van der Waals surface area contributed by atoms with Crippen LogP contribution >= 0.6 is 0 Å². The minimum Gasteiger partial charge on any atom is -0.333 e. The number of carbonyl (C=O) groups excluding carboxylic acids is 1. The van der Waals surface area contributed by atoms with Crippen LogP contribution in [0.4, 0.5) is 0 Å². The normalized spacial score (nSPS) is 14.9. The third-order valence-electron chi connectivity index (χ3n) is 4.58. The molecule has 6 heteroatoms. The van der Waals surface area contributed by atoms with E-state index in [9.17, 15) is 4.79 Å². The van der Waals surface area contributed by atoms with E-state index >= 15 is 0 Å². The smallest absolute Gasteiger partial charge is 0.274 e. The van der Waals surface area contributed by atoms with Gasteiger partial charge in [0.15, 0.2) is 0 Å². The molecule has 3 heterocycles. The molecular weight excluding hydrogens is 302 g/mol. The topological polar surface area (TPSA) is 63.1 Å². The summed E-state index contributed by atoms with van der Waals surface area (Å²) in [4.78, 5) is 23.5. The summed E-state index contributed by atoms with van der Waals surface area (Å²) in [7, 11) is 1.87. The summed E-state index contributed by atoms with van der Waals surface area (Å²) >= 11 is 0. The maximum absolute atomic E-state index is 12.9. The first-order chi connectivity index (χ1) is 11.7. The summed E-state index contributed by atoms with van der Waals surface area (Å²) in [5, 5.41) is 3.28. The Labute approximate surface area is 142 Å². The van der Waals surface area contributed by atoms with Crippen molar-refractivity contribution in [2.24, 2.45) is 0 Å². The molecule has 24 heavy (non-hydrogen) atoms. The van der Waals surface area contributed by atoms with Crippen LogP contribution in [-0.2, 0) is 13.1 Å². The number of aromatic nitrogens is 3. The molecule has 128 valence electrons. The number of unbranched alkanes of at least 4 members (excludes halogenated alkanes) is 1. The zero-order valence-corrected chi connectivity index (χ0v) is 14.4. The molecule has 6 nitrogen and oxygen atoms in total. The summed E-state index contributed by atoms with van der Waals surface area (Å²) < 4.78 is 2.07. The molecular formula is C18H25N5O. The standard InChI is InChI=1S/C18H25N5O/c1-3-4-7-16(14-6-5-8-19-11-14)22(2)18(24)15-13-23-10-9-20-12-17(23)21-15/h5-6,8,11,13,16,20H,3-4,7,9-10,12H2,1-2H3. The molecule has 1 aliphatic rings. The van der Waals surface area contributed by atoms with Crippen LogP contribution in [0.15, 0.2) is 30.7 Å². The first kappa shape index (κ1) is 16.6. The molecule has 0 saturated heterocycles. The molecule has 1 N–H and O–H groups in total. The van der Waals surface area contributed by atoms with E-state index in [1.165, 1.54) is 0 Å². The predicted molar refractivity (Wildman–Crippen MR) is 92.5 cm³/mol. The van der Waals surface area contributed by atoms with Gasteiger partial charge in [0.2, 0.25) is 0 Å². The highest BCUT2D eigenvalue weighted by atomic mass is 16.2. The van der Waals surface area contributed by atoms with Crippen molar-refractivity contribution in [2.75, 3.05) is 13.6 Å². The number of rotatable bonds is 6. The Morgan fingerprint density at radius 3 is 3.08 bits per heavy atom. The predicted octanol–water partition coefficient (Wildman–Crippen LogP) is 2.38.